The first-order valence-electron chi connectivity index (χ1n) is 12.5. The summed E-state index contributed by atoms with van der Waals surface area (Å²) in [5.41, 5.74) is 2.67. The molecule has 0 spiro atoms. The molecule has 200 valence electrons. The van der Waals surface area contributed by atoms with Gasteiger partial charge in [0.15, 0.2) is 0 Å². The number of benzene rings is 2. The van der Waals surface area contributed by atoms with Crippen LogP contribution in [0, 0.1) is 16.3 Å². The number of nitrogens with zero attached hydrogens (tertiary/aromatic N) is 4. The maximum absolute atomic E-state index is 15.2. The van der Waals surface area contributed by atoms with Crippen molar-refractivity contribution in [2.75, 3.05) is 37.5 Å². The summed E-state index contributed by atoms with van der Waals surface area (Å²) >= 11 is 3.83. The zero-order valence-corrected chi connectivity index (χ0v) is 24.8. The summed E-state index contributed by atoms with van der Waals surface area (Å²) in [4.78, 5) is 35.5. The molecule has 1 aromatic heterocycles. The van der Waals surface area contributed by atoms with Crippen molar-refractivity contribution in [3.05, 3.63) is 62.4 Å². The van der Waals surface area contributed by atoms with E-state index in [0.717, 1.165) is 30.5 Å². The third-order valence-electron chi connectivity index (χ3n) is 7.33. The van der Waals surface area contributed by atoms with Gasteiger partial charge in [0.05, 0.1) is 18.2 Å². The van der Waals surface area contributed by atoms with E-state index in [9.17, 15) is 9.59 Å². The Morgan fingerprint density at radius 3 is 2.66 bits per heavy atom. The summed E-state index contributed by atoms with van der Waals surface area (Å²) in [7, 11) is 1.62. The van der Waals surface area contributed by atoms with Crippen LogP contribution in [0.4, 0.5) is 10.2 Å². The van der Waals surface area contributed by atoms with Crippen molar-refractivity contribution in [1.29, 1.82) is 0 Å². The van der Waals surface area contributed by atoms with Gasteiger partial charge in [0, 0.05) is 63.0 Å². The predicted octanol–water partition coefficient (Wildman–Crippen LogP) is 5.02. The number of hydrogen-bond donors (Lipinski definition) is 0. The minimum Gasteiger partial charge on any atom is -0.383 e. The summed E-state index contributed by atoms with van der Waals surface area (Å²) < 4.78 is 23.3. The van der Waals surface area contributed by atoms with E-state index in [1.165, 1.54) is 12.1 Å². The molecular formula is C28H30FIN4O3S. The van der Waals surface area contributed by atoms with Gasteiger partial charge in [-0.2, -0.15) is 4.98 Å². The molecule has 2 aliphatic rings. The number of carbonyl (C=O) groups excluding carboxylic acids is 1. The Labute approximate surface area is 239 Å². The highest BCUT2D eigenvalue weighted by molar-refractivity contribution is 14.1. The minimum atomic E-state index is -0.348. The second kappa shape index (κ2) is 10.6. The molecule has 2 aliphatic heterocycles. The molecule has 1 amide bonds. The van der Waals surface area contributed by atoms with Gasteiger partial charge in [-0.05, 0) is 79.3 Å². The Morgan fingerprint density at radius 2 is 2.00 bits per heavy atom. The molecule has 7 nitrogen and oxygen atoms in total. The lowest BCUT2D eigenvalue weighted by molar-refractivity contribution is -0.130. The van der Waals surface area contributed by atoms with Crippen molar-refractivity contribution < 1.29 is 13.9 Å². The molecule has 0 bridgehead atoms. The van der Waals surface area contributed by atoms with Crippen molar-refractivity contribution in [2.45, 2.75) is 43.8 Å². The summed E-state index contributed by atoms with van der Waals surface area (Å²) in [6, 6.07) is 6.75. The predicted molar refractivity (Wildman–Crippen MR) is 159 cm³/mol. The van der Waals surface area contributed by atoms with Crippen LogP contribution >= 0.6 is 34.4 Å². The van der Waals surface area contributed by atoms with Crippen LogP contribution in [-0.4, -0.2) is 65.0 Å². The zero-order chi connectivity index (χ0) is 27.3. The minimum absolute atomic E-state index is 0.0904. The maximum atomic E-state index is 15.2. The van der Waals surface area contributed by atoms with E-state index in [0.29, 0.717) is 36.8 Å². The van der Waals surface area contributed by atoms with Gasteiger partial charge in [-0.1, -0.05) is 6.58 Å². The summed E-state index contributed by atoms with van der Waals surface area (Å²) in [5.74, 6) is 0.823. The first-order valence-corrected chi connectivity index (χ1v) is 14.6. The number of methoxy groups -OCH3 is 1. The number of aryl methyl sites for hydroxylation is 1. The van der Waals surface area contributed by atoms with E-state index in [2.05, 4.69) is 39.1 Å². The fraction of sp³-hybridized carbons (Fsp3) is 0.393. The highest BCUT2D eigenvalue weighted by atomic mass is 127. The Balaban J connectivity index is 1.76. The SMILES string of the molecule is C=CC(=O)N1[C@H](C)CN(c2nc(=O)n3c4c(c(-c5cc(I)ccc5F)c(C)cc24)SC[C@@H]3COC)C[C@@H]1C. The fourth-order valence-electron chi connectivity index (χ4n) is 5.84. The van der Waals surface area contributed by atoms with Crippen LogP contribution in [0.2, 0.25) is 0 Å². The molecule has 38 heavy (non-hydrogen) atoms. The van der Waals surface area contributed by atoms with Gasteiger partial charge in [-0.15, -0.1) is 11.8 Å². The first-order chi connectivity index (χ1) is 18.2. The monoisotopic (exact) mass is 648 g/mol. The molecule has 0 saturated carbocycles. The average Bonchev–Trinajstić information content (AvgIpc) is 2.87. The molecule has 3 aromatic rings. The number of piperazine rings is 1. The zero-order valence-electron chi connectivity index (χ0n) is 21.8. The number of ether oxygens (including phenoxy) is 1. The third kappa shape index (κ3) is 4.54. The van der Waals surface area contributed by atoms with Gasteiger partial charge >= 0.3 is 5.69 Å². The Morgan fingerprint density at radius 1 is 1.29 bits per heavy atom. The second-order valence-electron chi connectivity index (χ2n) is 9.98. The number of carbonyl (C=O) groups is 1. The van der Waals surface area contributed by atoms with E-state index in [1.54, 1.807) is 29.5 Å². The van der Waals surface area contributed by atoms with Gasteiger partial charge in [0.25, 0.3) is 0 Å². The Bertz CT molecular complexity index is 1500. The van der Waals surface area contributed by atoms with E-state index in [-0.39, 0.29) is 35.5 Å². The quantitative estimate of drug-likeness (QED) is 0.286. The number of hydrogen-bond acceptors (Lipinski definition) is 6. The highest BCUT2D eigenvalue weighted by Gasteiger charge is 2.35. The van der Waals surface area contributed by atoms with Gasteiger partial charge < -0.3 is 14.5 Å². The van der Waals surface area contributed by atoms with Gasteiger partial charge in [-0.25, -0.2) is 9.18 Å². The number of amides is 1. The van der Waals surface area contributed by atoms with Crippen molar-refractivity contribution in [3.8, 4) is 11.1 Å². The van der Waals surface area contributed by atoms with E-state index < -0.39 is 0 Å². The number of rotatable bonds is 5. The lowest BCUT2D eigenvalue weighted by atomic mass is 9.96. The average molecular weight is 649 g/mol. The number of anilines is 1. The highest BCUT2D eigenvalue weighted by Crippen LogP contribution is 2.46. The summed E-state index contributed by atoms with van der Waals surface area (Å²) in [5, 5.41) is 0.850. The van der Waals surface area contributed by atoms with Crippen LogP contribution in [-0.2, 0) is 9.53 Å². The molecule has 10 heteroatoms. The Kier molecular flexibility index (Phi) is 7.58. The van der Waals surface area contributed by atoms with Gasteiger partial charge in [-0.3, -0.25) is 9.36 Å². The fourth-order valence-corrected chi connectivity index (χ4v) is 7.69. The smallest absolute Gasteiger partial charge is 0.350 e. The molecule has 0 unspecified atom stereocenters. The van der Waals surface area contributed by atoms with Crippen molar-refractivity contribution >= 4 is 57.0 Å². The topological polar surface area (TPSA) is 67.7 Å². The van der Waals surface area contributed by atoms with Crippen LogP contribution in [0.25, 0.3) is 22.0 Å². The first kappa shape index (κ1) is 27.1. The number of halogens is 2. The molecule has 5 rings (SSSR count). The van der Waals surface area contributed by atoms with E-state index >= 15 is 4.39 Å². The molecule has 2 aromatic carbocycles. The van der Waals surface area contributed by atoms with Crippen LogP contribution in [0.5, 0.6) is 0 Å². The van der Waals surface area contributed by atoms with Crippen molar-refractivity contribution in [2.24, 2.45) is 0 Å². The Hall–Kier alpha value is -2.44. The molecular weight excluding hydrogens is 618 g/mol. The van der Waals surface area contributed by atoms with Gasteiger partial charge in [0.2, 0.25) is 5.91 Å². The molecule has 0 N–H and O–H groups in total. The molecule has 1 saturated heterocycles. The molecule has 0 radical (unpaired) electrons. The van der Waals surface area contributed by atoms with E-state index in [1.807, 2.05) is 37.8 Å². The molecule has 1 fully saturated rings. The van der Waals surface area contributed by atoms with Gasteiger partial charge in [0.1, 0.15) is 11.6 Å². The largest absolute Gasteiger partial charge is 0.383 e. The van der Waals surface area contributed by atoms with Crippen molar-refractivity contribution in [3.63, 3.8) is 0 Å². The maximum Gasteiger partial charge on any atom is 0.350 e. The summed E-state index contributed by atoms with van der Waals surface area (Å²) in [6.07, 6.45) is 1.34. The lowest BCUT2D eigenvalue weighted by Crippen LogP contribution is -2.58. The standard InChI is InChI=1S/C28H30FIN4O3S/c1-6-23(35)33-16(3)11-32(12-17(33)4)27-21-9-15(2)24(20-10-18(30)7-8-22(20)29)26-25(21)34(28(36)31-27)19(13-37-5)14-38-26/h6-10,16-17,19H,1,11-14H2,2-5H3/t16-,17+,19-/m0/s1. The molecule has 0 aliphatic carbocycles. The van der Waals surface area contributed by atoms with E-state index in [4.69, 9.17) is 4.74 Å². The summed E-state index contributed by atoms with van der Waals surface area (Å²) in [6.45, 7) is 11.1. The second-order valence-corrected chi connectivity index (χ2v) is 12.3. The molecule has 3 atom stereocenters. The third-order valence-corrected chi connectivity index (χ3v) is 9.24. The normalized spacial score (nSPS) is 21.2. The van der Waals surface area contributed by atoms with Crippen LogP contribution in [0.15, 0.2) is 46.6 Å². The number of aromatic nitrogens is 2. The van der Waals surface area contributed by atoms with Crippen molar-refractivity contribution in [1.82, 2.24) is 14.5 Å². The lowest BCUT2D eigenvalue weighted by Gasteiger charge is -2.45. The molecule has 3 heterocycles. The van der Waals surface area contributed by atoms with Crippen LogP contribution < -0.4 is 10.6 Å². The van der Waals surface area contributed by atoms with Crippen LogP contribution in [0.3, 0.4) is 0 Å². The van der Waals surface area contributed by atoms with Crippen LogP contribution in [0.1, 0.15) is 25.5 Å². The number of thioether (sulfide) groups is 1.